The predicted molar refractivity (Wildman–Crippen MR) is 118 cm³/mol. The Morgan fingerprint density at radius 2 is 1.87 bits per heavy atom. The van der Waals surface area contributed by atoms with E-state index in [0.717, 1.165) is 65.6 Å². The van der Waals surface area contributed by atoms with Crippen molar-refractivity contribution >= 4 is 11.6 Å². The summed E-state index contributed by atoms with van der Waals surface area (Å²) in [5.74, 6) is 2.50. The lowest BCUT2D eigenvalue weighted by Gasteiger charge is -2.13. The van der Waals surface area contributed by atoms with Crippen LogP contribution in [0.25, 0.3) is 11.4 Å². The number of aryl methyl sites for hydroxylation is 4. The molecule has 0 spiro atoms. The van der Waals surface area contributed by atoms with Crippen molar-refractivity contribution < 1.29 is 9.53 Å². The summed E-state index contributed by atoms with van der Waals surface area (Å²) in [5.41, 5.74) is 4.94. The molecule has 0 bridgehead atoms. The molecule has 1 amide bonds. The number of rotatable bonds is 5. The molecule has 0 unspecified atom stereocenters. The second kappa shape index (κ2) is 8.69. The normalized spacial score (nSPS) is 13.4. The number of fused-ring (bicyclic) bond motifs is 1. The van der Waals surface area contributed by atoms with Crippen molar-refractivity contribution in [1.29, 1.82) is 0 Å². The van der Waals surface area contributed by atoms with Gasteiger partial charge in [0, 0.05) is 24.2 Å². The van der Waals surface area contributed by atoms with Gasteiger partial charge in [0.2, 0.25) is 0 Å². The topological polar surface area (TPSA) is 69.0 Å². The zero-order valence-electron chi connectivity index (χ0n) is 17.9. The molecule has 2 aromatic carbocycles. The molecule has 2 heterocycles. The predicted octanol–water partition coefficient (Wildman–Crippen LogP) is 4.61. The fourth-order valence-electron chi connectivity index (χ4n) is 4.16. The number of nitrogens with one attached hydrogen (secondary N) is 1. The highest BCUT2D eigenvalue weighted by molar-refractivity contribution is 5.92. The minimum atomic E-state index is -0.188. The Balaban J connectivity index is 1.45. The summed E-state index contributed by atoms with van der Waals surface area (Å²) in [6, 6.07) is 11.9. The molecule has 156 valence electrons. The van der Waals surface area contributed by atoms with Gasteiger partial charge in [-0.15, -0.1) is 10.2 Å². The lowest BCUT2D eigenvalue weighted by molar-refractivity contribution is -0.118. The van der Waals surface area contributed by atoms with Crippen molar-refractivity contribution in [3.05, 3.63) is 58.9 Å². The minimum Gasteiger partial charge on any atom is -0.483 e. The molecule has 6 heteroatoms. The molecule has 0 radical (unpaired) electrons. The van der Waals surface area contributed by atoms with Gasteiger partial charge in [0.05, 0.1) is 0 Å². The SMILES string of the molecule is Cc1cc(C)c(OCC(=O)Nc2cccc(-c3nnc4n3CCCCC4)c2)c(C)c1. The number of hydrogen-bond acceptors (Lipinski definition) is 4. The first kappa shape index (κ1) is 20.1. The summed E-state index contributed by atoms with van der Waals surface area (Å²) in [7, 11) is 0. The summed E-state index contributed by atoms with van der Waals surface area (Å²) in [6.07, 6.45) is 4.50. The number of carbonyl (C=O) groups is 1. The number of amides is 1. The number of anilines is 1. The van der Waals surface area contributed by atoms with Crippen LogP contribution in [0.3, 0.4) is 0 Å². The van der Waals surface area contributed by atoms with Crippen molar-refractivity contribution in [2.75, 3.05) is 11.9 Å². The first-order valence-electron chi connectivity index (χ1n) is 10.5. The van der Waals surface area contributed by atoms with Crippen molar-refractivity contribution in [2.24, 2.45) is 0 Å². The van der Waals surface area contributed by atoms with E-state index in [1.165, 1.54) is 12.0 Å². The number of nitrogens with zero attached hydrogens (tertiary/aromatic N) is 3. The standard InChI is InChI=1S/C24H28N4O2/c1-16-12-17(2)23(18(3)13-16)30-15-22(29)25-20-9-7-8-19(14-20)24-27-26-21-10-5-4-6-11-28(21)24/h7-9,12-14H,4-6,10-11,15H2,1-3H3,(H,25,29). The highest BCUT2D eigenvalue weighted by Gasteiger charge is 2.16. The summed E-state index contributed by atoms with van der Waals surface area (Å²) in [4.78, 5) is 12.5. The Kier molecular flexibility index (Phi) is 5.84. The molecule has 0 saturated carbocycles. The van der Waals surface area contributed by atoms with Gasteiger partial charge in [0.25, 0.3) is 5.91 Å². The molecular weight excluding hydrogens is 376 g/mol. The van der Waals surface area contributed by atoms with E-state index in [1.807, 2.05) is 38.1 Å². The number of aromatic nitrogens is 3. The monoisotopic (exact) mass is 404 g/mol. The second-order valence-corrected chi connectivity index (χ2v) is 8.05. The van der Waals surface area contributed by atoms with Crippen LogP contribution >= 0.6 is 0 Å². The summed E-state index contributed by atoms with van der Waals surface area (Å²) in [6.45, 7) is 6.96. The van der Waals surface area contributed by atoms with Gasteiger partial charge in [0.1, 0.15) is 11.6 Å². The lowest BCUT2D eigenvalue weighted by atomic mass is 10.1. The molecule has 3 aromatic rings. The van der Waals surface area contributed by atoms with Crippen LogP contribution in [-0.4, -0.2) is 27.3 Å². The van der Waals surface area contributed by atoms with Gasteiger partial charge in [-0.3, -0.25) is 4.79 Å². The first-order chi connectivity index (χ1) is 14.5. The molecule has 1 aliphatic rings. The molecule has 1 aromatic heterocycles. The van der Waals surface area contributed by atoms with E-state index >= 15 is 0 Å². The van der Waals surface area contributed by atoms with Crippen molar-refractivity contribution in [1.82, 2.24) is 14.8 Å². The Morgan fingerprint density at radius 1 is 1.07 bits per heavy atom. The van der Waals surface area contributed by atoms with E-state index < -0.39 is 0 Å². The molecular formula is C24H28N4O2. The van der Waals surface area contributed by atoms with Gasteiger partial charge < -0.3 is 14.6 Å². The van der Waals surface area contributed by atoms with Crippen molar-refractivity contribution in [2.45, 2.75) is 53.0 Å². The fourth-order valence-corrected chi connectivity index (χ4v) is 4.16. The van der Waals surface area contributed by atoms with Gasteiger partial charge in [-0.05, 0) is 56.9 Å². The highest BCUT2D eigenvalue weighted by atomic mass is 16.5. The van der Waals surface area contributed by atoms with Crippen LogP contribution in [0, 0.1) is 20.8 Å². The van der Waals surface area contributed by atoms with Crippen LogP contribution in [0.5, 0.6) is 5.75 Å². The number of hydrogen-bond donors (Lipinski definition) is 1. The van der Waals surface area contributed by atoms with Gasteiger partial charge in [0.15, 0.2) is 12.4 Å². The molecule has 0 atom stereocenters. The molecule has 30 heavy (non-hydrogen) atoms. The maximum atomic E-state index is 12.5. The molecule has 1 aliphatic heterocycles. The molecule has 4 rings (SSSR count). The van der Waals surface area contributed by atoms with Crippen LogP contribution in [0.4, 0.5) is 5.69 Å². The minimum absolute atomic E-state index is 0.0324. The van der Waals surface area contributed by atoms with Gasteiger partial charge in [-0.25, -0.2) is 0 Å². The van der Waals surface area contributed by atoms with Gasteiger partial charge in [-0.1, -0.05) is 36.2 Å². The zero-order valence-corrected chi connectivity index (χ0v) is 17.9. The average molecular weight is 405 g/mol. The third-order valence-corrected chi connectivity index (χ3v) is 5.47. The van der Waals surface area contributed by atoms with Crippen molar-refractivity contribution in [3.8, 4) is 17.1 Å². The average Bonchev–Trinajstić information content (AvgIpc) is 2.96. The van der Waals surface area contributed by atoms with Gasteiger partial charge in [-0.2, -0.15) is 0 Å². The lowest BCUT2D eigenvalue weighted by Crippen LogP contribution is -2.20. The number of carbonyl (C=O) groups excluding carboxylic acids is 1. The summed E-state index contributed by atoms with van der Waals surface area (Å²) < 4.78 is 8.02. The van der Waals surface area contributed by atoms with Gasteiger partial charge >= 0.3 is 0 Å². The molecule has 0 aliphatic carbocycles. The molecule has 1 N–H and O–H groups in total. The maximum absolute atomic E-state index is 12.5. The van der Waals surface area contributed by atoms with Crippen LogP contribution in [-0.2, 0) is 17.8 Å². The molecule has 0 saturated heterocycles. The van der Waals surface area contributed by atoms with E-state index in [2.05, 4.69) is 39.1 Å². The van der Waals surface area contributed by atoms with E-state index in [0.29, 0.717) is 0 Å². The highest BCUT2D eigenvalue weighted by Crippen LogP contribution is 2.26. The number of ether oxygens (including phenoxy) is 1. The Bertz CT molecular complexity index is 1050. The third kappa shape index (κ3) is 4.37. The van der Waals surface area contributed by atoms with Crippen molar-refractivity contribution in [3.63, 3.8) is 0 Å². The smallest absolute Gasteiger partial charge is 0.262 e. The quantitative estimate of drug-likeness (QED) is 0.674. The summed E-state index contributed by atoms with van der Waals surface area (Å²) >= 11 is 0. The van der Waals surface area contributed by atoms with E-state index in [4.69, 9.17) is 4.74 Å². The maximum Gasteiger partial charge on any atom is 0.262 e. The van der Waals surface area contributed by atoms with E-state index in [9.17, 15) is 4.79 Å². The first-order valence-corrected chi connectivity index (χ1v) is 10.5. The van der Waals surface area contributed by atoms with Crippen LogP contribution in [0.1, 0.15) is 41.8 Å². The summed E-state index contributed by atoms with van der Waals surface area (Å²) in [5, 5.41) is 11.7. The Hall–Kier alpha value is -3.15. The Labute approximate surface area is 177 Å². The molecule has 6 nitrogen and oxygen atoms in total. The largest absolute Gasteiger partial charge is 0.483 e. The van der Waals surface area contributed by atoms with E-state index in [-0.39, 0.29) is 12.5 Å². The molecule has 0 fully saturated rings. The fraction of sp³-hybridized carbons (Fsp3) is 0.375. The third-order valence-electron chi connectivity index (χ3n) is 5.47. The zero-order chi connectivity index (χ0) is 21.1. The van der Waals surface area contributed by atoms with Crippen LogP contribution in [0.15, 0.2) is 36.4 Å². The second-order valence-electron chi connectivity index (χ2n) is 8.05. The van der Waals surface area contributed by atoms with E-state index in [1.54, 1.807) is 0 Å². The van der Waals surface area contributed by atoms with Crippen LogP contribution in [0.2, 0.25) is 0 Å². The Morgan fingerprint density at radius 3 is 2.67 bits per heavy atom. The van der Waals surface area contributed by atoms with Crippen LogP contribution < -0.4 is 10.1 Å². The number of benzene rings is 2.